The molecule has 5 heteroatoms. The third-order valence-electron chi connectivity index (χ3n) is 2.49. The Labute approximate surface area is 95.2 Å². The van der Waals surface area contributed by atoms with Crippen LogP contribution in [0.4, 0.5) is 0 Å². The van der Waals surface area contributed by atoms with Crippen molar-refractivity contribution < 1.29 is 19.5 Å². The smallest absolute Gasteiger partial charge is 0.326 e. The van der Waals surface area contributed by atoms with Gasteiger partial charge >= 0.3 is 5.97 Å². The van der Waals surface area contributed by atoms with Crippen LogP contribution in [0, 0.1) is 10.8 Å². The van der Waals surface area contributed by atoms with E-state index in [0.29, 0.717) is 12.8 Å². The summed E-state index contributed by atoms with van der Waals surface area (Å²) in [6.45, 7) is 6.91. The second-order valence-corrected chi connectivity index (χ2v) is 5.33. The van der Waals surface area contributed by atoms with E-state index in [1.165, 1.54) is 0 Å². The summed E-state index contributed by atoms with van der Waals surface area (Å²) < 4.78 is 0. The minimum absolute atomic E-state index is 0.369. The fourth-order valence-electron chi connectivity index (χ4n) is 2.02. The molecule has 0 aromatic heterocycles. The van der Waals surface area contributed by atoms with Crippen molar-refractivity contribution in [3.05, 3.63) is 0 Å². The van der Waals surface area contributed by atoms with Crippen LogP contribution < -0.4 is 5.32 Å². The zero-order valence-corrected chi connectivity index (χ0v) is 10.1. The SMILES string of the molecule is CC(C)(C=O)CC(C)(C)C(NC=O)C(=O)O. The maximum atomic E-state index is 11.0. The lowest BCUT2D eigenvalue weighted by atomic mass is 9.71. The van der Waals surface area contributed by atoms with Crippen LogP contribution in [0.2, 0.25) is 0 Å². The van der Waals surface area contributed by atoms with E-state index in [9.17, 15) is 14.4 Å². The third-order valence-corrected chi connectivity index (χ3v) is 2.49. The van der Waals surface area contributed by atoms with Gasteiger partial charge in [-0.1, -0.05) is 27.7 Å². The zero-order chi connectivity index (χ0) is 13.0. The number of rotatable bonds is 7. The molecule has 0 aliphatic rings. The van der Waals surface area contributed by atoms with Crippen LogP contribution in [-0.2, 0) is 14.4 Å². The highest BCUT2D eigenvalue weighted by Crippen LogP contribution is 2.35. The van der Waals surface area contributed by atoms with Crippen LogP contribution in [0.25, 0.3) is 0 Å². The summed E-state index contributed by atoms with van der Waals surface area (Å²) in [6, 6.07) is -0.996. The molecule has 0 bridgehead atoms. The Balaban J connectivity index is 4.91. The van der Waals surface area contributed by atoms with E-state index >= 15 is 0 Å². The predicted octanol–water partition coefficient (Wildman–Crippen LogP) is 0.827. The Morgan fingerprint density at radius 3 is 2.12 bits per heavy atom. The number of aliphatic carboxylic acids is 1. The second-order valence-electron chi connectivity index (χ2n) is 5.33. The van der Waals surface area contributed by atoms with Crippen molar-refractivity contribution in [1.82, 2.24) is 5.32 Å². The third kappa shape index (κ3) is 4.00. The van der Waals surface area contributed by atoms with Crippen LogP contribution in [-0.4, -0.2) is 29.8 Å². The van der Waals surface area contributed by atoms with Crippen LogP contribution >= 0.6 is 0 Å². The van der Waals surface area contributed by atoms with Crippen LogP contribution in [0.5, 0.6) is 0 Å². The average Bonchev–Trinajstić information content (AvgIpc) is 2.11. The van der Waals surface area contributed by atoms with Gasteiger partial charge in [-0.3, -0.25) is 4.79 Å². The number of carbonyl (C=O) groups is 3. The van der Waals surface area contributed by atoms with E-state index < -0.39 is 22.8 Å². The highest BCUT2D eigenvalue weighted by Gasteiger charge is 2.39. The summed E-state index contributed by atoms with van der Waals surface area (Å²) in [5, 5.41) is 11.3. The molecule has 16 heavy (non-hydrogen) atoms. The Hall–Kier alpha value is -1.39. The van der Waals surface area contributed by atoms with Gasteiger partial charge in [-0.25, -0.2) is 4.79 Å². The molecule has 1 unspecified atom stereocenters. The fraction of sp³-hybridized carbons (Fsp3) is 0.727. The maximum absolute atomic E-state index is 11.0. The molecule has 0 fully saturated rings. The van der Waals surface area contributed by atoms with Gasteiger partial charge in [0.25, 0.3) is 0 Å². The number of hydrogen-bond donors (Lipinski definition) is 2. The van der Waals surface area contributed by atoms with Gasteiger partial charge in [0.1, 0.15) is 12.3 Å². The normalized spacial score (nSPS) is 14.0. The molecule has 0 spiro atoms. The summed E-state index contributed by atoms with van der Waals surface area (Å²) >= 11 is 0. The van der Waals surface area contributed by atoms with E-state index in [4.69, 9.17) is 5.11 Å². The van der Waals surface area contributed by atoms with Crippen LogP contribution in [0.3, 0.4) is 0 Å². The molecule has 0 heterocycles. The maximum Gasteiger partial charge on any atom is 0.326 e. The summed E-state index contributed by atoms with van der Waals surface area (Å²) in [5.74, 6) is -1.10. The van der Waals surface area contributed by atoms with Gasteiger partial charge in [-0.15, -0.1) is 0 Å². The number of nitrogens with one attached hydrogen (secondary N) is 1. The summed E-state index contributed by atoms with van der Waals surface area (Å²) in [4.78, 5) is 32.2. The Morgan fingerprint density at radius 1 is 1.31 bits per heavy atom. The first-order valence-electron chi connectivity index (χ1n) is 5.05. The van der Waals surface area contributed by atoms with Crippen LogP contribution in [0.1, 0.15) is 34.1 Å². The van der Waals surface area contributed by atoms with Gasteiger partial charge in [0.2, 0.25) is 6.41 Å². The summed E-state index contributed by atoms with van der Waals surface area (Å²) in [5.41, 5.74) is -1.31. The number of carboxylic acids is 1. The number of hydrogen-bond acceptors (Lipinski definition) is 3. The molecule has 0 aliphatic carbocycles. The van der Waals surface area contributed by atoms with Gasteiger partial charge in [-0.05, 0) is 11.8 Å². The van der Waals surface area contributed by atoms with Gasteiger partial charge in [-0.2, -0.15) is 0 Å². The second kappa shape index (κ2) is 5.09. The molecule has 5 nitrogen and oxygen atoms in total. The van der Waals surface area contributed by atoms with Gasteiger partial charge in [0.05, 0.1) is 0 Å². The van der Waals surface area contributed by atoms with E-state index in [0.717, 1.165) is 6.29 Å². The molecule has 1 amide bonds. The molecule has 0 aromatic carbocycles. The van der Waals surface area contributed by atoms with E-state index in [1.807, 2.05) is 0 Å². The number of amides is 1. The minimum Gasteiger partial charge on any atom is -0.480 e. The molecule has 0 saturated carbocycles. The van der Waals surface area contributed by atoms with Crippen molar-refractivity contribution in [3.63, 3.8) is 0 Å². The standard InChI is InChI=1S/C11H19NO4/c1-10(2,6-13)5-11(3,4)8(9(15)16)12-7-14/h6-8H,5H2,1-4H3,(H,12,14)(H,15,16). The van der Waals surface area contributed by atoms with Crippen LogP contribution in [0.15, 0.2) is 0 Å². The first-order chi connectivity index (χ1) is 7.16. The van der Waals surface area contributed by atoms with Crippen molar-refractivity contribution in [1.29, 1.82) is 0 Å². The zero-order valence-electron chi connectivity index (χ0n) is 10.1. The predicted molar refractivity (Wildman–Crippen MR) is 58.9 cm³/mol. The largest absolute Gasteiger partial charge is 0.480 e. The van der Waals surface area contributed by atoms with Crippen molar-refractivity contribution in [2.24, 2.45) is 10.8 Å². The molecule has 0 radical (unpaired) electrons. The van der Waals surface area contributed by atoms with Crippen molar-refractivity contribution in [2.75, 3.05) is 0 Å². The van der Waals surface area contributed by atoms with E-state index in [1.54, 1.807) is 27.7 Å². The number of carboxylic acid groups (broad SMARTS) is 1. The molecular formula is C11H19NO4. The quantitative estimate of drug-likeness (QED) is 0.633. The first-order valence-corrected chi connectivity index (χ1v) is 5.05. The lowest BCUT2D eigenvalue weighted by Crippen LogP contribution is -2.49. The molecule has 0 rings (SSSR count). The van der Waals surface area contributed by atoms with Crippen molar-refractivity contribution in [3.8, 4) is 0 Å². The Bertz CT molecular complexity index is 284. The summed E-state index contributed by atoms with van der Waals surface area (Å²) in [6.07, 6.45) is 1.55. The number of carbonyl (C=O) groups excluding carboxylic acids is 2. The highest BCUT2D eigenvalue weighted by molar-refractivity contribution is 5.77. The first kappa shape index (κ1) is 14.6. The molecule has 0 saturated heterocycles. The molecule has 2 N–H and O–H groups in total. The highest BCUT2D eigenvalue weighted by atomic mass is 16.4. The molecule has 1 atom stereocenters. The minimum atomic E-state index is -1.10. The molecule has 0 aliphatic heterocycles. The lowest BCUT2D eigenvalue weighted by molar-refractivity contribution is -0.145. The molecular weight excluding hydrogens is 210 g/mol. The lowest BCUT2D eigenvalue weighted by Gasteiger charge is -2.35. The Morgan fingerprint density at radius 2 is 1.81 bits per heavy atom. The van der Waals surface area contributed by atoms with E-state index in [2.05, 4.69) is 5.32 Å². The van der Waals surface area contributed by atoms with Gasteiger partial charge < -0.3 is 15.2 Å². The molecule has 92 valence electrons. The van der Waals surface area contributed by atoms with Gasteiger partial charge in [0, 0.05) is 5.41 Å². The number of aldehydes is 1. The van der Waals surface area contributed by atoms with Crippen molar-refractivity contribution >= 4 is 18.7 Å². The summed E-state index contributed by atoms with van der Waals surface area (Å²) in [7, 11) is 0. The topological polar surface area (TPSA) is 83.5 Å². The monoisotopic (exact) mass is 229 g/mol. The van der Waals surface area contributed by atoms with Crippen molar-refractivity contribution in [2.45, 2.75) is 40.2 Å². The van der Waals surface area contributed by atoms with Gasteiger partial charge in [0.15, 0.2) is 0 Å². The fourth-order valence-corrected chi connectivity index (χ4v) is 2.02. The Kier molecular flexibility index (Phi) is 4.65. The molecule has 0 aromatic rings. The van der Waals surface area contributed by atoms with E-state index in [-0.39, 0.29) is 0 Å². The average molecular weight is 229 g/mol.